The van der Waals surface area contributed by atoms with E-state index in [1.165, 1.54) is 12.1 Å². The van der Waals surface area contributed by atoms with Gasteiger partial charge in [-0.15, -0.1) is 0 Å². The average Bonchev–Trinajstić information content (AvgIpc) is 3.09. The lowest BCUT2D eigenvalue weighted by molar-refractivity contribution is -0.169. The second kappa shape index (κ2) is 8.58. The summed E-state index contributed by atoms with van der Waals surface area (Å²) in [5.41, 5.74) is 6.94. The highest BCUT2D eigenvalue weighted by atomic mass is 19.4. The van der Waals surface area contributed by atoms with Crippen LogP contribution in [0.25, 0.3) is 0 Å². The van der Waals surface area contributed by atoms with Crippen molar-refractivity contribution in [2.45, 2.75) is 50.5 Å². The van der Waals surface area contributed by atoms with E-state index < -0.39 is 17.9 Å². The number of nitrogens with zero attached hydrogens (tertiary/aromatic N) is 3. The smallest absolute Gasteiger partial charge is 0.383 e. The van der Waals surface area contributed by atoms with Crippen molar-refractivity contribution < 1.29 is 27.5 Å². The zero-order valence-electron chi connectivity index (χ0n) is 17.0. The molecule has 168 valence electrons. The summed E-state index contributed by atoms with van der Waals surface area (Å²) in [5, 5.41) is 0. The summed E-state index contributed by atoms with van der Waals surface area (Å²) in [6.07, 6.45) is -0.981. The Labute approximate surface area is 178 Å². The number of ether oxygens (including phenoxy) is 1. The number of hydrogen-bond donors (Lipinski definition) is 1. The van der Waals surface area contributed by atoms with Gasteiger partial charge in [0, 0.05) is 42.8 Å². The largest absolute Gasteiger partial charge is 0.473 e. The van der Waals surface area contributed by atoms with Gasteiger partial charge in [-0.25, -0.2) is 0 Å². The van der Waals surface area contributed by atoms with Crippen molar-refractivity contribution in [3.8, 4) is 0 Å². The molecule has 1 aromatic rings. The van der Waals surface area contributed by atoms with Crippen LogP contribution in [0.2, 0.25) is 0 Å². The number of nitrogens with two attached hydrogens (primary N) is 1. The third-order valence-electron chi connectivity index (χ3n) is 6.31. The molecule has 0 aromatic heterocycles. The Kier molecular flexibility index (Phi) is 6.02. The number of aliphatic imine (C=N–C) groups is 1. The first-order valence-electron chi connectivity index (χ1n) is 10.5. The van der Waals surface area contributed by atoms with Crippen molar-refractivity contribution in [2.24, 2.45) is 10.7 Å². The van der Waals surface area contributed by atoms with E-state index in [0.29, 0.717) is 25.3 Å². The molecule has 31 heavy (non-hydrogen) atoms. The van der Waals surface area contributed by atoms with Crippen molar-refractivity contribution >= 4 is 17.6 Å². The number of morpholine rings is 1. The molecule has 3 aliphatic rings. The molecule has 1 aromatic carbocycles. The first-order chi connectivity index (χ1) is 14.8. The number of carbonyl (C=O) groups is 2. The van der Waals surface area contributed by atoms with Crippen LogP contribution in [-0.4, -0.2) is 72.0 Å². The second-order valence-electron chi connectivity index (χ2n) is 8.17. The lowest BCUT2D eigenvalue weighted by Crippen LogP contribution is -2.56. The maximum atomic E-state index is 13.2. The highest BCUT2D eigenvalue weighted by Gasteiger charge is 2.41. The molecule has 2 heterocycles. The molecule has 0 spiro atoms. The fourth-order valence-electron chi connectivity index (χ4n) is 4.78. The highest BCUT2D eigenvalue weighted by molar-refractivity contribution is 6.07. The maximum Gasteiger partial charge on any atom is 0.473 e. The van der Waals surface area contributed by atoms with E-state index in [4.69, 9.17) is 10.5 Å². The number of carbonyl (C=O) groups excluding carboxylic acids is 2. The minimum atomic E-state index is -5.09. The molecule has 1 unspecified atom stereocenters. The van der Waals surface area contributed by atoms with Crippen LogP contribution in [0, 0.1) is 0 Å². The number of halogens is 3. The molecule has 10 heteroatoms. The lowest BCUT2D eigenvalue weighted by atomic mass is 9.87. The molecule has 2 aliphatic heterocycles. The summed E-state index contributed by atoms with van der Waals surface area (Å²) in [5.74, 6) is -2.98. The Hall–Kier alpha value is -2.46. The number of amidine groups is 1. The normalized spacial score (nSPS) is 25.6. The zero-order valence-corrected chi connectivity index (χ0v) is 17.0. The van der Waals surface area contributed by atoms with Gasteiger partial charge in [-0.2, -0.15) is 18.2 Å². The summed E-state index contributed by atoms with van der Waals surface area (Å²) in [4.78, 5) is 31.6. The average molecular weight is 438 g/mol. The van der Waals surface area contributed by atoms with E-state index in [2.05, 4.69) is 9.89 Å². The Bertz CT molecular complexity index is 896. The maximum absolute atomic E-state index is 13.2. The molecule has 1 saturated heterocycles. The van der Waals surface area contributed by atoms with Crippen molar-refractivity contribution in [3.05, 3.63) is 34.9 Å². The molecule has 2 amide bonds. The number of benzene rings is 1. The van der Waals surface area contributed by atoms with E-state index in [1.807, 2.05) is 4.90 Å². The van der Waals surface area contributed by atoms with E-state index in [1.54, 1.807) is 6.07 Å². The molecule has 1 saturated carbocycles. The molecule has 0 bridgehead atoms. The lowest BCUT2D eigenvalue weighted by Gasteiger charge is -2.45. The van der Waals surface area contributed by atoms with Crippen LogP contribution < -0.4 is 5.73 Å². The van der Waals surface area contributed by atoms with E-state index in [0.717, 1.165) is 44.3 Å². The van der Waals surface area contributed by atoms with Gasteiger partial charge in [0.25, 0.3) is 5.91 Å². The number of rotatable bonds is 3. The third kappa shape index (κ3) is 4.45. The summed E-state index contributed by atoms with van der Waals surface area (Å²) >= 11 is 0. The van der Waals surface area contributed by atoms with Crippen molar-refractivity contribution in [1.82, 2.24) is 9.80 Å². The topological polar surface area (TPSA) is 88.2 Å². The number of fused-ring (bicyclic) bond motifs is 1. The second-order valence-corrected chi connectivity index (χ2v) is 8.17. The fraction of sp³-hybridized carbons (Fsp3) is 0.571. The minimum absolute atomic E-state index is 0.0769. The van der Waals surface area contributed by atoms with Crippen LogP contribution in [0.4, 0.5) is 13.2 Å². The van der Waals surface area contributed by atoms with Gasteiger partial charge in [-0.3, -0.25) is 14.5 Å². The number of alkyl halides is 3. The number of amides is 2. The Morgan fingerprint density at radius 1 is 1.13 bits per heavy atom. The monoisotopic (exact) mass is 438 g/mol. The Morgan fingerprint density at radius 3 is 2.48 bits per heavy atom. The minimum Gasteiger partial charge on any atom is -0.383 e. The van der Waals surface area contributed by atoms with Gasteiger partial charge in [0.05, 0.1) is 13.2 Å². The highest BCUT2D eigenvalue weighted by Crippen LogP contribution is 2.34. The predicted octanol–water partition coefficient (Wildman–Crippen LogP) is 2.08. The van der Waals surface area contributed by atoms with Crippen molar-refractivity contribution in [1.29, 1.82) is 0 Å². The summed E-state index contributed by atoms with van der Waals surface area (Å²) < 4.78 is 42.9. The zero-order chi connectivity index (χ0) is 22.2. The summed E-state index contributed by atoms with van der Waals surface area (Å²) in [6.45, 7) is 3.53. The van der Waals surface area contributed by atoms with Crippen LogP contribution in [0.1, 0.15) is 47.2 Å². The van der Waals surface area contributed by atoms with Crippen LogP contribution >= 0.6 is 0 Å². The standard InChI is InChI=1S/C21H25F3N4O3/c22-21(23,24)20(30)26-18(25)13-5-6-14-12-28(19(29)15(14)11-13)17-4-2-1-3-16(17)27-7-9-31-10-8-27/h5-6,11,16-17H,1-4,7-10,12H2,(H2,25,26,30)/t16-,17?/m0/s1. The number of hydrogen-bond acceptors (Lipinski definition) is 4. The van der Waals surface area contributed by atoms with Crippen molar-refractivity contribution in [3.63, 3.8) is 0 Å². The van der Waals surface area contributed by atoms with E-state index in [9.17, 15) is 22.8 Å². The molecule has 2 atom stereocenters. The first-order valence-corrected chi connectivity index (χ1v) is 10.5. The summed E-state index contributed by atoms with van der Waals surface area (Å²) in [6, 6.07) is 4.96. The molecular formula is C21H25F3N4O3. The molecule has 4 rings (SSSR count). The van der Waals surface area contributed by atoms with Gasteiger partial charge in [-0.1, -0.05) is 25.0 Å². The van der Waals surface area contributed by atoms with Gasteiger partial charge >= 0.3 is 12.1 Å². The summed E-state index contributed by atoms with van der Waals surface area (Å²) in [7, 11) is 0. The van der Waals surface area contributed by atoms with Crippen LogP contribution in [0.3, 0.4) is 0 Å². The van der Waals surface area contributed by atoms with E-state index >= 15 is 0 Å². The fourth-order valence-corrected chi connectivity index (χ4v) is 4.78. The van der Waals surface area contributed by atoms with E-state index in [-0.39, 0.29) is 23.6 Å². The molecule has 2 N–H and O–H groups in total. The van der Waals surface area contributed by atoms with Gasteiger partial charge < -0.3 is 15.4 Å². The molecule has 2 fully saturated rings. The van der Waals surface area contributed by atoms with Crippen molar-refractivity contribution in [2.75, 3.05) is 26.3 Å². The third-order valence-corrected chi connectivity index (χ3v) is 6.31. The molecule has 7 nitrogen and oxygen atoms in total. The van der Waals surface area contributed by atoms with Crippen LogP contribution in [-0.2, 0) is 16.1 Å². The van der Waals surface area contributed by atoms with Gasteiger partial charge in [-0.05, 0) is 24.5 Å². The van der Waals surface area contributed by atoms with Crippen LogP contribution in [0.5, 0.6) is 0 Å². The molecule has 1 aliphatic carbocycles. The molecule has 0 radical (unpaired) electrons. The first kappa shape index (κ1) is 21.8. The Morgan fingerprint density at radius 2 is 1.81 bits per heavy atom. The van der Waals surface area contributed by atoms with Gasteiger partial charge in [0.15, 0.2) is 0 Å². The quantitative estimate of drug-likeness (QED) is 0.577. The molecular weight excluding hydrogens is 413 g/mol. The van der Waals surface area contributed by atoms with Gasteiger partial charge in [0.1, 0.15) is 5.84 Å². The SMILES string of the molecule is NC(=NC(=O)C(F)(F)F)c1ccc2c(c1)C(=O)N(C1CCCC[C@@H]1N1CCOCC1)C2. The Balaban J connectivity index is 1.55. The predicted molar refractivity (Wildman–Crippen MR) is 107 cm³/mol. The van der Waals surface area contributed by atoms with Gasteiger partial charge in [0.2, 0.25) is 0 Å². The van der Waals surface area contributed by atoms with Crippen LogP contribution in [0.15, 0.2) is 23.2 Å².